The molecule has 0 saturated heterocycles. The van der Waals surface area contributed by atoms with Gasteiger partial charge in [-0.05, 0) is 90.2 Å². The molecule has 0 fully saturated rings. The maximum Gasteiger partial charge on any atom is 0.143 e. The Morgan fingerprint density at radius 2 is 1.18 bits per heavy atom. The van der Waals surface area contributed by atoms with Crippen LogP contribution < -0.4 is 0 Å². The van der Waals surface area contributed by atoms with E-state index in [1.54, 1.807) is 28.7 Å². The van der Waals surface area contributed by atoms with E-state index >= 15 is 4.39 Å². The fourth-order valence-corrected chi connectivity index (χ4v) is 9.76. The topological polar surface area (TPSA) is 0 Å². The van der Waals surface area contributed by atoms with Gasteiger partial charge < -0.3 is 0 Å². The van der Waals surface area contributed by atoms with Gasteiger partial charge in [-0.1, -0.05) is 78.6 Å². The Labute approximate surface area is 252 Å². The second-order valence-electron chi connectivity index (χ2n) is 10.8. The van der Waals surface area contributed by atoms with Crippen LogP contribution in [0.4, 0.5) is 4.39 Å². The van der Waals surface area contributed by atoms with Crippen molar-refractivity contribution in [2.75, 3.05) is 0 Å². The van der Waals surface area contributed by atoms with Gasteiger partial charge in [-0.15, -0.1) is 45.3 Å². The summed E-state index contributed by atoms with van der Waals surface area (Å²) in [4.78, 5) is 7.01. The first kappa shape index (κ1) is 30.7. The van der Waals surface area contributed by atoms with E-state index < -0.39 is 0 Å². The number of hydrogen-bond donors (Lipinski definition) is 0. The predicted octanol–water partition coefficient (Wildman–Crippen LogP) is 13.4. The van der Waals surface area contributed by atoms with Crippen molar-refractivity contribution >= 4 is 45.3 Å². The van der Waals surface area contributed by atoms with E-state index in [0.717, 1.165) is 27.5 Å². The Kier molecular flexibility index (Phi) is 12.8. The van der Waals surface area contributed by atoms with Crippen molar-refractivity contribution in [3.63, 3.8) is 0 Å². The molecule has 4 heterocycles. The highest BCUT2D eigenvalue weighted by Gasteiger charge is 2.20. The Morgan fingerprint density at radius 3 is 1.87 bits per heavy atom. The summed E-state index contributed by atoms with van der Waals surface area (Å²) in [5.41, 5.74) is 4.26. The number of hydrogen-bond acceptors (Lipinski definition) is 4. The largest absolute Gasteiger partial charge is 0.205 e. The third kappa shape index (κ3) is 8.61. The number of aryl methyl sites for hydroxylation is 3. The van der Waals surface area contributed by atoms with Crippen molar-refractivity contribution < 1.29 is 4.39 Å². The molecule has 0 N–H and O–H groups in total. The van der Waals surface area contributed by atoms with Crippen LogP contribution in [0.15, 0.2) is 35.0 Å². The predicted molar refractivity (Wildman–Crippen MR) is 178 cm³/mol. The molecule has 39 heavy (non-hydrogen) atoms. The molecule has 0 atom stereocenters. The van der Waals surface area contributed by atoms with Gasteiger partial charge in [0, 0.05) is 24.4 Å². The van der Waals surface area contributed by atoms with Crippen LogP contribution in [0.1, 0.15) is 115 Å². The number of unbranched alkanes of at least 4 members (excludes halogenated alkanes) is 9. The first-order valence-electron chi connectivity index (χ1n) is 15.2. The highest BCUT2D eigenvalue weighted by Crippen LogP contribution is 2.47. The van der Waals surface area contributed by atoms with E-state index in [-0.39, 0.29) is 5.82 Å². The molecule has 0 saturated carbocycles. The fourth-order valence-electron chi connectivity index (χ4n) is 5.20. The van der Waals surface area contributed by atoms with Crippen LogP contribution in [0.25, 0.3) is 29.3 Å². The van der Waals surface area contributed by atoms with Gasteiger partial charge in [0.15, 0.2) is 0 Å². The van der Waals surface area contributed by atoms with Crippen LogP contribution in [-0.4, -0.2) is 0 Å². The summed E-state index contributed by atoms with van der Waals surface area (Å²) < 4.78 is 15.5. The van der Waals surface area contributed by atoms with Crippen molar-refractivity contribution in [1.82, 2.24) is 0 Å². The van der Waals surface area contributed by atoms with Crippen molar-refractivity contribution in [2.24, 2.45) is 0 Å². The summed E-state index contributed by atoms with van der Waals surface area (Å²) in [6.07, 6.45) is 18.6. The van der Waals surface area contributed by atoms with Gasteiger partial charge in [0.1, 0.15) is 5.82 Å². The van der Waals surface area contributed by atoms with Gasteiger partial charge in [-0.2, -0.15) is 0 Å². The maximum absolute atomic E-state index is 15.5. The molecule has 0 amide bonds. The quantitative estimate of drug-likeness (QED) is 0.0997. The van der Waals surface area contributed by atoms with Crippen molar-refractivity contribution in [3.8, 4) is 29.3 Å². The molecule has 5 heteroatoms. The van der Waals surface area contributed by atoms with Gasteiger partial charge in [0.2, 0.25) is 0 Å². The van der Waals surface area contributed by atoms with Crippen LogP contribution in [0.5, 0.6) is 0 Å². The van der Waals surface area contributed by atoms with E-state index in [2.05, 4.69) is 49.7 Å². The molecule has 0 aromatic carbocycles. The third-order valence-electron chi connectivity index (χ3n) is 7.49. The highest BCUT2D eigenvalue weighted by molar-refractivity contribution is 7.28. The average Bonchev–Trinajstić information content (AvgIpc) is 3.73. The average molecular weight is 601 g/mol. The first-order valence-corrected chi connectivity index (χ1v) is 18.6. The molecular formula is C34H45FS4. The zero-order valence-corrected chi connectivity index (χ0v) is 27.3. The summed E-state index contributed by atoms with van der Waals surface area (Å²) in [5.74, 6) is -0.0616. The van der Waals surface area contributed by atoms with Gasteiger partial charge >= 0.3 is 0 Å². The van der Waals surface area contributed by atoms with Crippen LogP contribution in [0.2, 0.25) is 0 Å². The van der Waals surface area contributed by atoms with Gasteiger partial charge in [-0.3, -0.25) is 0 Å². The lowest BCUT2D eigenvalue weighted by molar-refractivity contribution is 0.637. The Bertz CT molecular complexity index is 1250. The minimum Gasteiger partial charge on any atom is -0.205 e. The van der Waals surface area contributed by atoms with Crippen molar-refractivity contribution in [2.45, 2.75) is 117 Å². The van der Waals surface area contributed by atoms with Crippen LogP contribution >= 0.6 is 45.3 Å². The number of thiophene rings is 4. The molecule has 0 radical (unpaired) electrons. The molecular weight excluding hydrogens is 556 g/mol. The normalized spacial score (nSPS) is 11.6. The molecule has 4 aromatic rings. The van der Waals surface area contributed by atoms with Gasteiger partial charge in [-0.25, -0.2) is 4.39 Å². The molecule has 0 aliphatic carbocycles. The van der Waals surface area contributed by atoms with E-state index in [4.69, 9.17) is 0 Å². The molecule has 0 aliphatic heterocycles. The smallest absolute Gasteiger partial charge is 0.143 e. The summed E-state index contributed by atoms with van der Waals surface area (Å²) in [5, 5.41) is 4.53. The van der Waals surface area contributed by atoms with Crippen molar-refractivity contribution in [3.05, 3.63) is 57.5 Å². The minimum absolute atomic E-state index is 0.0616. The lowest BCUT2D eigenvalue weighted by Gasteiger charge is -2.02. The van der Waals surface area contributed by atoms with Gasteiger partial charge in [0.05, 0.1) is 4.88 Å². The van der Waals surface area contributed by atoms with Crippen LogP contribution in [0, 0.1) is 5.82 Å². The second-order valence-corrected chi connectivity index (χ2v) is 14.7. The fraction of sp³-hybridized carbons (Fsp3) is 0.529. The van der Waals surface area contributed by atoms with E-state index in [0.29, 0.717) is 0 Å². The van der Waals surface area contributed by atoms with Crippen LogP contribution in [-0.2, 0) is 19.3 Å². The molecule has 0 spiro atoms. The molecule has 0 aliphatic rings. The lowest BCUT2D eigenvalue weighted by atomic mass is 10.0. The van der Waals surface area contributed by atoms with E-state index in [1.165, 1.54) is 115 Å². The standard InChI is InChI=1S/C34H45FS4/c1-4-7-10-13-16-25-21-29(37-24-25)33-27(18-15-12-9-6-3)22-30(38-33)34-28(35)23-31(39-34)32-26(19-20-36-32)17-14-11-8-5-2/h19-24H,4-18H2,1-3H3. The van der Waals surface area contributed by atoms with E-state index in [9.17, 15) is 0 Å². The number of rotatable bonds is 18. The summed E-state index contributed by atoms with van der Waals surface area (Å²) >= 11 is 7.10. The monoisotopic (exact) mass is 600 g/mol. The zero-order valence-electron chi connectivity index (χ0n) is 24.1. The Morgan fingerprint density at radius 1 is 0.564 bits per heavy atom. The minimum atomic E-state index is -0.0616. The molecule has 4 aromatic heterocycles. The molecule has 0 nitrogen and oxygen atoms in total. The second kappa shape index (κ2) is 16.2. The summed E-state index contributed by atoms with van der Waals surface area (Å²) in [7, 11) is 0. The third-order valence-corrected chi connectivity index (χ3v) is 12.2. The molecule has 0 unspecified atom stereocenters. The summed E-state index contributed by atoms with van der Waals surface area (Å²) in [6.45, 7) is 6.79. The molecule has 212 valence electrons. The highest BCUT2D eigenvalue weighted by atomic mass is 32.1. The summed E-state index contributed by atoms with van der Waals surface area (Å²) in [6, 6.07) is 8.76. The maximum atomic E-state index is 15.5. The Balaban J connectivity index is 1.57. The van der Waals surface area contributed by atoms with Crippen molar-refractivity contribution in [1.29, 1.82) is 0 Å². The SMILES string of the molecule is CCCCCCc1csc(-c2sc(-c3sc(-c4sccc4CCCCCC)cc3F)cc2CCCCCC)c1. The van der Waals surface area contributed by atoms with E-state index in [1.807, 2.05) is 22.7 Å². The molecule has 0 bridgehead atoms. The van der Waals surface area contributed by atoms with Crippen LogP contribution in [0.3, 0.4) is 0 Å². The first-order chi connectivity index (χ1) is 19.1. The molecule has 4 rings (SSSR count). The number of halogens is 1. The zero-order chi connectivity index (χ0) is 27.5. The van der Waals surface area contributed by atoms with Gasteiger partial charge in [0.25, 0.3) is 0 Å². The Hall–Kier alpha value is -1.27. The lowest BCUT2D eigenvalue weighted by Crippen LogP contribution is -1.86.